The molecule has 0 saturated carbocycles. The van der Waals surface area contributed by atoms with Crippen LogP contribution < -0.4 is 5.32 Å². The summed E-state index contributed by atoms with van der Waals surface area (Å²) in [4.78, 5) is 8.57. The van der Waals surface area contributed by atoms with Gasteiger partial charge in [-0.05, 0) is 48.7 Å². The highest BCUT2D eigenvalue weighted by atomic mass is 35.5. The number of nitrogens with one attached hydrogen (secondary N) is 1. The number of hydrogen-bond donors (Lipinski definition) is 1. The minimum atomic E-state index is -0.0488. The second kappa shape index (κ2) is 4.91. The first kappa shape index (κ1) is 14.5. The monoisotopic (exact) mass is 297 g/mol. The van der Waals surface area contributed by atoms with Crippen molar-refractivity contribution in [2.45, 2.75) is 46.6 Å². The Morgan fingerprint density at radius 1 is 1.21 bits per heavy atom. The van der Waals surface area contributed by atoms with Gasteiger partial charge in [0.05, 0.1) is 10.2 Å². The van der Waals surface area contributed by atoms with Crippen molar-refractivity contribution in [2.75, 3.05) is 5.32 Å². The van der Waals surface area contributed by atoms with Crippen LogP contribution >= 0.6 is 22.9 Å². The summed E-state index contributed by atoms with van der Waals surface area (Å²) in [6, 6.07) is 1.97. The second-order valence-electron chi connectivity index (χ2n) is 6.72. The summed E-state index contributed by atoms with van der Waals surface area (Å²) in [5.41, 5.74) is 1.11. The highest BCUT2D eigenvalue weighted by molar-refractivity contribution is 7.17. The largest absolute Gasteiger partial charge is 0.364 e. The molecule has 0 aliphatic carbocycles. The van der Waals surface area contributed by atoms with Crippen LogP contribution in [0, 0.1) is 5.41 Å². The molecular weight excluding hydrogens is 278 g/mol. The Hall–Kier alpha value is -0.870. The minimum absolute atomic E-state index is 0.0488. The molecule has 0 aliphatic heterocycles. The number of anilines is 1. The molecule has 5 heteroatoms. The SMILES string of the molecule is CC(C)(C)CC(C)(C)Nc1nc(Cl)nc2ccsc12. The van der Waals surface area contributed by atoms with Gasteiger partial charge in [-0.25, -0.2) is 4.98 Å². The number of halogens is 1. The van der Waals surface area contributed by atoms with Crippen LogP contribution in [0.2, 0.25) is 5.28 Å². The summed E-state index contributed by atoms with van der Waals surface area (Å²) < 4.78 is 1.06. The highest BCUT2D eigenvalue weighted by Gasteiger charge is 2.26. The van der Waals surface area contributed by atoms with Gasteiger partial charge in [-0.2, -0.15) is 4.98 Å². The summed E-state index contributed by atoms with van der Waals surface area (Å²) in [6.45, 7) is 11.1. The third kappa shape index (κ3) is 3.80. The van der Waals surface area contributed by atoms with E-state index >= 15 is 0 Å². The van der Waals surface area contributed by atoms with Crippen molar-refractivity contribution >= 4 is 39.0 Å². The maximum Gasteiger partial charge on any atom is 0.224 e. The Labute approximate surface area is 123 Å². The normalized spacial score (nSPS) is 12.9. The van der Waals surface area contributed by atoms with Crippen LogP contribution in [-0.2, 0) is 0 Å². The number of thiophene rings is 1. The predicted octanol–water partition coefficient (Wildman–Crippen LogP) is 4.97. The average Bonchev–Trinajstić information content (AvgIpc) is 2.59. The Morgan fingerprint density at radius 2 is 1.89 bits per heavy atom. The van der Waals surface area contributed by atoms with Gasteiger partial charge in [-0.15, -0.1) is 11.3 Å². The van der Waals surface area contributed by atoms with Gasteiger partial charge < -0.3 is 5.32 Å². The smallest absolute Gasteiger partial charge is 0.224 e. The van der Waals surface area contributed by atoms with Gasteiger partial charge >= 0.3 is 0 Å². The lowest BCUT2D eigenvalue weighted by Gasteiger charge is -2.33. The van der Waals surface area contributed by atoms with E-state index in [2.05, 4.69) is 49.9 Å². The molecule has 2 rings (SSSR count). The van der Waals surface area contributed by atoms with Crippen LogP contribution in [0.15, 0.2) is 11.4 Å². The molecule has 104 valence electrons. The first-order chi connectivity index (χ1) is 8.66. The third-order valence-corrected chi connectivity index (χ3v) is 3.78. The van der Waals surface area contributed by atoms with E-state index in [0.717, 1.165) is 22.5 Å². The van der Waals surface area contributed by atoms with E-state index in [1.54, 1.807) is 11.3 Å². The van der Waals surface area contributed by atoms with E-state index in [0.29, 0.717) is 5.28 Å². The molecule has 0 saturated heterocycles. The van der Waals surface area contributed by atoms with Crippen molar-refractivity contribution in [1.82, 2.24) is 9.97 Å². The molecule has 0 bridgehead atoms. The second-order valence-corrected chi connectivity index (χ2v) is 7.98. The third-order valence-electron chi connectivity index (χ3n) is 2.71. The van der Waals surface area contributed by atoms with Gasteiger partial charge in [0.25, 0.3) is 0 Å². The van der Waals surface area contributed by atoms with Gasteiger partial charge in [0.15, 0.2) is 0 Å². The molecule has 0 unspecified atom stereocenters. The van der Waals surface area contributed by atoms with Crippen LogP contribution in [0.5, 0.6) is 0 Å². The maximum absolute atomic E-state index is 5.99. The summed E-state index contributed by atoms with van der Waals surface area (Å²) in [7, 11) is 0. The fraction of sp³-hybridized carbons (Fsp3) is 0.571. The average molecular weight is 298 g/mol. The van der Waals surface area contributed by atoms with Gasteiger partial charge in [-0.3, -0.25) is 0 Å². The molecule has 2 aromatic heterocycles. The first-order valence-electron chi connectivity index (χ1n) is 6.35. The quantitative estimate of drug-likeness (QED) is 0.813. The zero-order valence-corrected chi connectivity index (χ0v) is 13.6. The Kier molecular flexibility index (Phi) is 3.76. The highest BCUT2D eigenvalue weighted by Crippen LogP contribution is 2.33. The molecule has 3 nitrogen and oxygen atoms in total. The molecule has 0 atom stereocenters. The minimum Gasteiger partial charge on any atom is -0.364 e. The molecular formula is C14H20ClN3S. The van der Waals surface area contributed by atoms with Crippen LogP contribution in [0.1, 0.15) is 41.0 Å². The van der Waals surface area contributed by atoms with E-state index in [1.807, 2.05) is 11.4 Å². The summed E-state index contributed by atoms with van der Waals surface area (Å²) in [5, 5.41) is 5.82. The van der Waals surface area contributed by atoms with E-state index in [1.165, 1.54) is 0 Å². The van der Waals surface area contributed by atoms with Crippen molar-refractivity contribution < 1.29 is 0 Å². The summed E-state index contributed by atoms with van der Waals surface area (Å²) in [5.74, 6) is 0.833. The standard InChI is InChI=1S/C14H20ClN3S/c1-13(2,3)8-14(4,5)18-11-10-9(6-7-19-10)16-12(15)17-11/h6-7H,8H2,1-5H3,(H,16,17,18). The fourth-order valence-corrected chi connectivity index (χ4v) is 3.56. The van der Waals surface area contributed by atoms with Crippen LogP contribution in [-0.4, -0.2) is 15.5 Å². The molecule has 0 aliphatic rings. The molecule has 0 fully saturated rings. The fourth-order valence-electron chi connectivity index (χ4n) is 2.61. The van der Waals surface area contributed by atoms with Gasteiger partial charge in [-0.1, -0.05) is 20.8 Å². The van der Waals surface area contributed by atoms with Crippen molar-refractivity contribution in [1.29, 1.82) is 0 Å². The van der Waals surface area contributed by atoms with Gasteiger partial charge in [0.2, 0.25) is 5.28 Å². The van der Waals surface area contributed by atoms with E-state index < -0.39 is 0 Å². The number of aromatic nitrogens is 2. The molecule has 1 N–H and O–H groups in total. The van der Waals surface area contributed by atoms with Crippen molar-refractivity contribution in [3.05, 3.63) is 16.7 Å². The maximum atomic E-state index is 5.99. The van der Waals surface area contributed by atoms with Crippen molar-refractivity contribution in [3.8, 4) is 0 Å². The van der Waals surface area contributed by atoms with Gasteiger partial charge in [0, 0.05) is 5.54 Å². The lowest BCUT2D eigenvalue weighted by molar-refractivity contribution is 0.302. The molecule has 0 radical (unpaired) electrons. The zero-order valence-electron chi connectivity index (χ0n) is 12.0. The summed E-state index contributed by atoms with van der Waals surface area (Å²) >= 11 is 7.62. The molecule has 2 aromatic rings. The van der Waals surface area contributed by atoms with E-state index in [4.69, 9.17) is 11.6 Å². The number of nitrogens with zero attached hydrogens (tertiary/aromatic N) is 2. The summed E-state index contributed by atoms with van der Waals surface area (Å²) in [6.07, 6.45) is 1.04. The van der Waals surface area contributed by atoms with Crippen LogP contribution in [0.3, 0.4) is 0 Å². The van der Waals surface area contributed by atoms with Crippen molar-refractivity contribution in [2.24, 2.45) is 5.41 Å². The number of hydrogen-bond acceptors (Lipinski definition) is 4. The van der Waals surface area contributed by atoms with Gasteiger partial charge in [0.1, 0.15) is 5.82 Å². The molecule has 2 heterocycles. The molecule has 0 amide bonds. The lowest BCUT2D eigenvalue weighted by Crippen LogP contribution is -2.35. The zero-order chi connectivity index (χ0) is 14.3. The topological polar surface area (TPSA) is 37.8 Å². The number of fused-ring (bicyclic) bond motifs is 1. The van der Waals surface area contributed by atoms with Crippen LogP contribution in [0.25, 0.3) is 10.2 Å². The van der Waals surface area contributed by atoms with Crippen LogP contribution in [0.4, 0.5) is 5.82 Å². The Balaban J connectivity index is 2.32. The molecule has 0 spiro atoms. The molecule has 19 heavy (non-hydrogen) atoms. The first-order valence-corrected chi connectivity index (χ1v) is 7.61. The Bertz CT molecular complexity index is 584. The predicted molar refractivity (Wildman–Crippen MR) is 84.2 cm³/mol. The van der Waals surface area contributed by atoms with Crippen molar-refractivity contribution in [3.63, 3.8) is 0 Å². The van der Waals surface area contributed by atoms with E-state index in [9.17, 15) is 0 Å². The lowest BCUT2D eigenvalue weighted by atomic mass is 9.82. The molecule has 0 aromatic carbocycles. The van der Waals surface area contributed by atoms with E-state index in [-0.39, 0.29) is 11.0 Å². The Morgan fingerprint density at radius 3 is 2.53 bits per heavy atom. The number of rotatable bonds is 3.